The van der Waals surface area contributed by atoms with Crippen molar-refractivity contribution < 1.29 is 13.2 Å². The molecule has 1 aromatic carbocycles. The molecule has 0 saturated heterocycles. The average molecular weight is 359 g/mol. The van der Waals surface area contributed by atoms with Crippen molar-refractivity contribution in [2.24, 2.45) is 0 Å². The second kappa shape index (κ2) is 5.70. The summed E-state index contributed by atoms with van der Waals surface area (Å²) in [6.45, 7) is 1.70. The van der Waals surface area contributed by atoms with Crippen LogP contribution in [0.15, 0.2) is 53.9 Å². The van der Waals surface area contributed by atoms with Gasteiger partial charge in [-0.2, -0.15) is 18.3 Å². The standard InChI is InChI=1S/C18H12F3N3S/c1-11-16(12-6-3-2-4-7-12)17-22-13(14-8-5-9-25-14)10-15(18(19,20)21)24(17)23-11/h2-10H,1H3. The van der Waals surface area contributed by atoms with E-state index in [0.717, 1.165) is 16.1 Å². The Morgan fingerprint density at radius 2 is 1.80 bits per heavy atom. The minimum absolute atomic E-state index is 0.210. The van der Waals surface area contributed by atoms with Gasteiger partial charge >= 0.3 is 6.18 Å². The third kappa shape index (κ3) is 2.70. The minimum Gasteiger partial charge on any atom is -0.227 e. The molecule has 7 heteroatoms. The third-order valence-electron chi connectivity index (χ3n) is 3.89. The maximum Gasteiger partial charge on any atom is 0.433 e. The van der Waals surface area contributed by atoms with Gasteiger partial charge in [-0.15, -0.1) is 11.3 Å². The van der Waals surface area contributed by atoms with Crippen molar-refractivity contribution in [2.45, 2.75) is 13.1 Å². The molecule has 0 aliphatic rings. The van der Waals surface area contributed by atoms with Crippen molar-refractivity contribution in [1.29, 1.82) is 0 Å². The average Bonchev–Trinajstić information content (AvgIpc) is 3.20. The molecule has 0 bridgehead atoms. The highest BCUT2D eigenvalue weighted by Crippen LogP contribution is 2.36. The summed E-state index contributed by atoms with van der Waals surface area (Å²) in [4.78, 5) is 5.19. The van der Waals surface area contributed by atoms with Gasteiger partial charge in [-0.25, -0.2) is 9.50 Å². The molecule has 3 nitrogen and oxygen atoms in total. The molecule has 3 aromatic heterocycles. The summed E-state index contributed by atoms with van der Waals surface area (Å²) in [6.07, 6.45) is -4.53. The van der Waals surface area contributed by atoms with E-state index in [-0.39, 0.29) is 5.65 Å². The van der Waals surface area contributed by atoms with Crippen molar-refractivity contribution in [1.82, 2.24) is 14.6 Å². The van der Waals surface area contributed by atoms with Crippen LogP contribution in [0.3, 0.4) is 0 Å². The summed E-state index contributed by atoms with van der Waals surface area (Å²) in [7, 11) is 0. The predicted molar refractivity (Wildman–Crippen MR) is 91.5 cm³/mol. The van der Waals surface area contributed by atoms with Crippen LogP contribution in [0, 0.1) is 6.92 Å². The number of aryl methyl sites for hydroxylation is 1. The molecule has 0 amide bonds. The molecule has 0 saturated carbocycles. The number of alkyl halides is 3. The highest BCUT2D eigenvalue weighted by molar-refractivity contribution is 7.13. The van der Waals surface area contributed by atoms with Crippen LogP contribution in [0.1, 0.15) is 11.4 Å². The molecule has 0 fully saturated rings. The fraction of sp³-hybridized carbons (Fsp3) is 0.111. The zero-order valence-electron chi connectivity index (χ0n) is 13.1. The van der Waals surface area contributed by atoms with Crippen molar-refractivity contribution in [3.63, 3.8) is 0 Å². The van der Waals surface area contributed by atoms with E-state index in [1.165, 1.54) is 11.3 Å². The first kappa shape index (κ1) is 15.8. The van der Waals surface area contributed by atoms with Crippen LogP contribution in [0.25, 0.3) is 27.3 Å². The van der Waals surface area contributed by atoms with Crippen molar-refractivity contribution in [3.05, 3.63) is 65.3 Å². The zero-order chi connectivity index (χ0) is 17.6. The van der Waals surface area contributed by atoms with Crippen molar-refractivity contribution >= 4 is 17.0 Å². The second-order valence-electron chi connectivity index (χ2n) is 5.56. The van der Waals surface area contributed by atoms with E-state index in [1.807, 2.05) is 35.7 Å². The number of hydrogen-bond acceptors (Lipinski definition) is 3. The maximum absolute atomic E-state index is 13.6. The Kier molecular flexibility index (Phi) is 3.61. The number of hydrogen-bond donors (Lipinski definition) is 0. The highest BCUT2D eigenvalue weighted by Gasteiger charge is 2.36. The molecule has 4 rings (SSSR count). The molecule has 0 spiro atoms. The van der Waals surface area contributed by atoms with Gasteiger partial charge in [0, 0.05) is 5.56 Å². The largest absolute Gasteiger partial charge is 0.433 e. The van der Waals surface area contributed by atoms with Gasteiger partial charge in [0.05, 0.1) is 16.3 Å². The van der Waals surface area contributed by atoms with Gasteiger partial charge in [0.1, 0.15) is 0 Å². The monoisotopic (exact) mass is 359 g/mol. The summed E-state index contributed by atoms with van der Waals surface area (Å²) >= 11 is 1.35. The van der Waals surface area contributed by atoms with Gasteiger partial charge in [0.25, 0.3) is 0 Å². The fourth-order valence-electron chi connectivity index (χ4n) is 2.82. The molecular formula is C18H12F3N3S. The first-order chi connectivity index (χ1) is 11.9. The molecule has 126 valence electrons. The quantitative estimate of drug-likeness (QED) is 0.476. The zero-order valence-corrected chi connectivity index (χ0v) is 13.9. The number of thiophene rings is 1. The molecule has 0 radical (unpaired) electrons. The third-order valence-corrected chi connectivity index (χ3v) is 4.78. The van der Waals surface area contributed by atoms with E-state index in [0.29, 0.717) is 21.8 Å². The van der Waals surface area contributed by atoms with Gasteiger partial charge in [-0.05, 0) is 30.0 Å². The molecule has 4 aromatic rings. The predicted octanol–water partition coefficient (Wildman–Crippen LogP) is 5.45. The first-order valence-corrected chi connectivity index (χ1v) is 8.40. The number of aromatic nitrogens is 3. The van der Waals surface area contributed by atoms with Gasteiger partial charge in [-0.3, -0.25) is 0 Å². The van der Waals surface area contributed by atoms with Gasteiger partial charge < -0.3 is 0 Å². The molecule has 25 heavy (non-hydrogen) atoms. The lowest BCUT2D eigenvalue weighted by molar-refractivity contribution is -0.142. The maximum atomic E-state index is 13.6. The normalized spacial score (nSPS) is 12.0. The van der Waals surface area contributed by atoms with Crippen LogP contribution < -0.4 is 0 Å². The van der Waals surface area contributed by atoms with Crippen molar-refractivity contribution in [2.75, 3.05) is 0 Å². The molecule has 0 aliphatic carbocycles. The molecular weight excluding hydrogens is 347 g/mol. The van der Waals surface area contributed by atoms with Crippen LogP contribution in [0.5, 0.6) is 0 Å². The molecule has 0 atom stereocenters. The summed E-state index contributed by atoms with van der Waals surface area (Å²) in [5.41, 5.74) is 1.59. The Morgan fingerprint density at radius 1 is 1.04 bits per heavy atom. The van der Waals surface area contributed by atoms with Crippen LogP contribution in [-0.2, 0) is 6.18 Å². The van der Waals surface area contributed by atoms with Crippen LogP contribution in [0.4, 0.5) is 13.2 Å². The minimum atomic E-state index is -4.53. The van der Waals surface area contributed by atoms with E-state index >= 15 is 0 Å². The number of halogens is 3. The summed E-state index contributed by atoms with van der Waals surface area (Å²) in [5, 5.41) is 5.93. The summed E-state index contributed by atoms with van der Waals surface area (Å²) < 4.78 is 41.7. The van der Waals surface area contributed by atoms with E-state index in [4.69, 9.17) is 0 Å². The Bertz CT molecular complexity index is 1040. The smallest absolute Gasteiger partial charge is 0.227 e. The molecule has 3 heterocycles. The number of rotatable bonds is 2. The number of nitrogens with zero attached hydrogens (tertiary/aromatic N) is 3. The summed E-state index contributed by atoms with van der Waals surface area (Å²) in [6, 6.07) is 13.8. The Morgan fingerprint density at radius 3 is 2.44 bits per heavy atom. The van der Waals surface area contributed by atoms with Gasteiger partial charge in [0.15, 0.2) is 11.3 Å². The van der Waals surface area contributed by atoms with E-state index < -0.39 is 11.9 Å². The Hall–Kier alpha value is -2.67. The molecule has 0 unspecified atom stereocenters. The van der Waals surface area contributed by atoms with Gasteiger partial charge in [0.2, 0.25) is 0 Å². The lowest BCUT2D eigenvalue weighted by atomic mass is 10.1. The van der Waals surface area contributed by atoms with Crippen LogP contribution in [0.2, 0.25) is 0 Å². The molecule has 0 aliphatic heterocycles. The van der Waals surface area contributed by atoms with Crippen LogP contribution in [-0.4, -0.2) is 14.6 Å². The number of fused-ring (bicyclic) bond motifs is 1. The Balaban J connectivity index is 2.09. The van der Waals surface area contributed by atoms with E-state index in [2.05, 4.69) is 10.1 Å². The number of benzene rings is 1. The SMILES string of the molecule is Cc1nn2c(C(F)(F)F)cc(-c3cccs3)nc2c1-c1ccccc1. The lowest BCUT2D eigenvalue weighted by Crippen LogP contribution is -2.13. The van der Waals surface area contributed by atoms with Gasteiger partial charge in [-0.1, -0.05) is 36.4 Å². The first-order valence-electron chi connectivity index (χ1n) is 7.52. The van der Waals surface area contributed by atoms with Crippen LogP contribution >= 0.6 is 11.3 Å². The lowest BCUT2D eigenvalue weighted by Gasteiger charge is -2.11. The highest BCUT2D eigenvalue weighted by atomic mass is 32.1. The topological polar surface area (TPSA) is 30.2 Å². The Labute approximate surface area is 145 Å². The van der Waals surface area contributed by atoms with E-state index in [1.54, 1.807) is 19.1 Å². The fourth-order valence-corrected chi connectivity index (χ4v) is 3.50. The van der Waals surface area contributed by atoms with Crippen molar-refractivity contribution in [3.8, 4) is 21.7 Å². The second-order valence-corrected chi connectivity index (χ2v) is 6.51. The van der Waals surface area contributed by atoms with E-state index in [9.17, 15) is 13.2 Å². The molecule has 0 N–H and O–H groups in total. The summed E-state index contributed by atoms with van der Waals surface area (Å²) in [5.74, 6) is 0.